The van der Waals surface area contributed by atoms with Gasteiger partial charge < -0.3 is 4.74 Å². The topological polar surface area (TPSA) is 80.3 Å². The van der Waals surface area contributed by atoms with Gasteiger partial charge in [-0.3, -0.25) is 25.4 Å². The van der Waals surface area contributed by atoms with E-state index in [1.54, 1.807) is 18.3 Å². The first-order chi connectivity index (χ1) is 14.1. The smallest absolute Gasteiger partial charge is 0.273 e. The van der Waals surface area contributed by atoms with Crippen molar-refractivity contribution in [3.05, 3.63) is 83.0 Å². The fourth-order valence-electron chi connectivity index (χ4n) is 3.20. The number of nitrogens with one attached hydrogen (secondary N) is 2. The number of rotatable bonds is 3. The Morgan fingerprint density at radius 2 is 1.62 bits per heavy atom. The van der Waals surface area contributed by atoms with Crippen LogP contribution in [-0.4, -0.2) is 23.9 Å². The summed E-state index contributed by atoms with van der Waals surface area (Å²) in [6.45, 7) is 0. The van der Waals surface area contributed by atoms with Gasteiger partial charge in [-0.1, -0.05) is 41.9 Å². The maximum Gasteiger partial charge on any atom is 0.273 e. The molecule has 2 amide bonds. The molecule has 0 fully saturated rings. The Balaban J connectivity index is 1.63. The van der Waals surface area contributed by atoms with E-state index < -0.39 is 11.8 Å². The van der Waals surface area contributed by atoms with E-state index >= 15 is 0 Å². The second kappa shape index (κ2) is 7.77. The Bertz CT molecular complexity index is 1260. The maximum absolute atomic E-state index is 12.8. The lowest BCUT2D eigenvalue weighted by Crippen LogP contribution is -2.41. The van der Waals surface area contributed by atoms with Gasteiger partial charge in [0.05, 0.1) is 23.8 Å². The third-order valence-corrected chi connectivity index (χ3v) is 4.79. The molecule has 6 nitrogen and oxygen atoms in total. The van der Waals surface area contributed by atoms with Crippen LogP contribution in [0.2, 0.25) is 5.02 Å². The van der Waals surface area contributed by atoms with Crippen LogP contribution in [0.1, 0.15) is 20.7 Å². The zero-order valence-corrected chi connectivity index (χ0v) is 16.2. The first-order valence-electron chi connectivity index (χ1n) is 8.79. The van der Waals surface area contributed by atoms with Crippen LogP contribution in [0.5, 0.6) is 5.75 Å². The van der Waals surface area contributed by atoms with E-state index in [-0.39, 0.29) is 5.56 Å². The quantitative estimate of drug-likeness (QED) is 0.397. The number of fused-ring (bicyclic) bond motifs is 3. The van der Waals surface area contributed by atoms with Crippen LogP contribution < -0.4 is 15.6 Å². The van der Waals surface area contributed by atoms with Crippen molar-refractivity contribution in [2.24, 2.45) is 0 Å². The number of hydrazine groups is 1. The van der Waals surface area contributed by atoms with Gasteiger partial charge in [-0.05, 0) is 41.1 Å². The molecule has 1 aromatic heterocycles. The molecule has 0 saturated carbocycles. The standard InChI is InChI=1S/C22H16ClN3O3/c1-29-19-12-14(23)8-9-17(19)21(27)25-26-22(28)18-11-13-5-2-3-6-15(13)16-7-4-10-24-20(16)18/h2-12H,1H3,(H,25,27)(H,26,28). The van der Waals surface area contributed by atoms with Crippen molar-refractivity contribution in [1.29, 1.82) is 0 Å². The molecule has 2 N–H and O–H groups in total. The van der Waals surface area contributed by atoms with Gasteiger partial charge in [0.15, 0.2) is 0 Å². The number of hydrogen-bond donors (Lipinski definition) is 2. The third-order valence-electron chi connectivity index (χ3n) is 4.56. The summed E-state index contributed by atoms with van der Waals surface area (Å²) in [6.07, 6.45) is 1.63. The van der Waals surface area contributed by atoms with Gasteiger partial charge >= 0.3 is 0 Å². The van der Waals surface area contributed by atoms with Crippen LogP contribution in [0, 0.1) is 0 Å². The lowest BCUT2D eigenvalue weighted by molar-refractivity contribution is 0.0845. The summed E-state index contributed by atoms with van der Waals surface area (Å²) in [6, 6.07) is 17.9. The molecular weight excluding hydrogens is 390 g/mol. The number of benzene rings is 3. The van der Waals surface area contributed by atoms with Gasteiger partial charge in [-0.2, -0.15) is 0 Å². The number of carbonyl (C=O) groups is 2. The number of methoxy groups -OCH3 is 1. The van der Waals surface area contributed by atoms with Gasteiger partial charge in [0.25, 0.3) is 11.8 Å². The molecule has 144 valence electrons. The molecule has 0 aliphatic heterocycles. The van der Waals surface area contributed by atoms with Gasteiger partial charge in [0.2, 0.25) is 0 Å². The number of carbonyl (C=O) groups excluding carboxylic acids is 2. The second-order valence-corrected chi connectivity index (χ2v) is 6.73. The van der Waals surface area contributed by atoms with Gasteiger partial charge in [0, 0.05) is 16.6 Å². The lowest BCUT2D eigenvalue weighted by atomic mass is 10.0. The van der Waals surface area contributed by atoms with Crippen LogP contribution in [0.3, 0.4) is 0 Å². The van der Waals surface area contributed by atoms with Gasteiger partial charge in [-0.15, -0.1) is 0 Å². The number of halogens is 1. The summed E-state index contributed by atoms with van der Waals surface area (Å²) < 4.78 is 5.18. The van der Waals surface area contributed by atoms with E-state index in [9.17, 15) is 9.59 Å². The normalized spacial score (nSPS) is 10.7. The Labute approximate surface area is 171 Å². The number of ether oxygens (including phenoxy) is 1. The first-order valence-corrected chi connectivity index (χ1v) is 9.17. The fourth-order valence-corrected chi connectivity index (χ4v) is 3.37. The molecule has 29 heavy (non-hydrogen) atoms. The molecule has 0 bridgehead atoms. The van der Waals surface area contributed by atoms with E-state index in [2.05, 4.69) is 15.8 Å². The SMILES string of the molecule is COc1cc(Cl)ccc1C(=O)NNC(=O)c1cc2ccccc2c2cccnc12. The van der Waals surface area contributed by atoms with Crippen molar-refractivity contribution in [1.82, 2.24) is 15.8 Å². The zero-order chi connectivity index (χ0) is 20.4. The highest BCUT2D eigenvalue weighted by atomic mass is 35.5. The Hall–Kier alpha value is -3.64. The molecule has 0 spiro atoms. The highest BCUT2D eigenvalue weighted by Crippen LogP contribution is 2.27. The fraction of sp³-hybridized carbons (Fsp3) is 0.0455. The molecular formula is C22H16ClN3O3. The van der Waals surface area contributed by atoms with E-state index in [0.29, 0.717) is 21.9 Å². The summed E-state index contributed by atoms with van der Waals surface area (Å²) >= 11 is 5.92. The van der Waals surface area contributed by atoms with Crippen LogP contribution in [0.15, 0.2) is 66.9 Å². The van der Waals surface area contributed by atoms with Crippen molar-refractivity contribution in [2.45, 2.75) is 0 Å². The number of nitrogens with zero attached hydrogens (tertiary/aromatic N) is 1. The van der Waals surface area contributed by atoms with Crippen molar-refractivity contribution in [2.75, 3.05) is 7.11 Å². The molecule has 3 aromatic carbocycles. The number of aromatic nitrogens is 1. The van der Waals surface area contributed by atoms with E-state index in [0.717, 1.165) is 16.2 Å². The molecule has 7 heteroatoms. The van der Waals surface area contributed by atoms with Crippen molar-refractivity contribution < 1.29 is 14.3 Å². The Morgan fingerprint density at radius 3 is 2.41 bits per heavy atom. The van der Waals surface area contributed by atoms with Crippen LogP contribution in [0.25, 0.3) is 21.7 Å². The molecule has 4 rings (SSSR count). The largest absolute Gasteiger partial charge is 0.496 e. The third kappa shape index (κ3) is 3.58. The predicted molar refractivity (Wildman–Crippen MR) is 112 cm³/mol. The molecule has 0 unspecified atom stereocenters. The summed E-state index contributed by atoms with van der Waals surface area (Å²) in [5, 5.41) is 3.21. The van der Waals surface area contributed by atoms with Crippen molar-refractivity contribution in [3.8, 4) is 5.75 Å². The van der Waals surface area contributed by atoms with E-state index in [1.807, 2.05) is 36.4 Å². The maximum atomic E-state index is 12.8. The van der Waals surface area contributed by atoms with Crippen LogP contribution >= 0.6 is 11.6 Å². The highest BCUT2D eigenvalue weighted by molar-refractivity contribution is 6.30. The molecule has 1 heterocycles. The lowest BCUT2D eigenvalue weighted by Gasteiger charge is -2.12. The number of pyridine rings is 1. The Morgan fingerprint density at radius 1 is 0.897 bits per heavy atom. The molecule has 4 aromatic rings. The Kier molecular flexibility index (Phi) is 5.01. The summed E-state index contributed by atoms with van der Waals surface area (Å²) in [5.41, 5.74) is 6.04. The average Bonchev–Trinajstić information content (AvgIpc) is 2.76. The number of amides is 2. The highest BCUT2D eigenvalue weighted by Gasteiger charge is 2.17. The predicted octanol–water partition coefficient (Wildman–Crippen LogP) is 4.12. The zero-order valence-electron chi connectivity index (χ0n) is 15.4. The molecule has 0 aliphatic carbocycles. The van der Waals surface area contributed by atoms with E-state index in [4.69, 9.17) is 16.3 Å². The number of hydrogen-bond acceptors (Lipinski definition) is 4. The summed E-state index contributed by atoms with van der Waals surface area (Å²) in [4.78, 5) is 29.7. The monoisotopic (exact) mass is 405 g/mol. The molecule has 0 aliphatic rings. The minimum Gasteiger partial charge on any atom is -0.496 e. The minimum atomic E-state index is -0.523. The first kappa shape index (κ1) is 18.7. The molecule has 0 saturated heterocycles. The summed E-state index contributed by atoms with van der Waals surface area (Å²) in [5.74, 6) is -0.687. The molecule has 0 radical (unpaired) electrons. The van der Waals surface area contributed by atoms with Gasteiger partial charge in [0.1, 0.15) is 5.75 Å². The van der Waals surface area contributed by atoms with Gasteiger partial charge in [-0.25, -0.2) is 0 Å². The van der Waals surface area contributed by atoms with Crippen molar-refractivity contribution >= 4 is 45.1 Å². The minimum absolute atomic E-state index is 0.249. The summed E-state index contributed by atoms with van der Waals surface area (Å²) in [7, 11) is 1.44. The van der Waals surface area contributed by atoms with Crippen LogP contribution in [-0.2, 0) is 0 Å². The van der Waals surface area contributed by atoms with E-state index in [1.165, 1.54) is 19.2 Å². The van der Waals surface area contributed by atoms with Crippen LogP contribution in [0.4, 0.5) is 0 Å². The average molecular weight is 406 g/mol. The molecule has 0 atom stereocenters. The van der Waals surface area contributed by atoms with Crippen molar-refractivity contribution in [3.63, 3.8) is 0 Å². The second-order valence-electron chi connectivity index (χ2n) is 6.30.